The number of sulfone groups is 1. The number of carboxylic acids is 1. The Morgan fingerprint density at radius 1 is 1.25 bits per heavy atom. The third kappa shape index (κ3) is 8.46. The maximum absolute atomic E-state index is 11.7. The number of nitrogens with one attached hydrogen (secondary N) is 2. The molecular formula is C11H20N2O6S. The van der Waals surface area contributed by atoms with Gasteiger partial charge < -0.3 is 15.7 Å². The zero-order valence-corrected chi connectivity index (χ0v) is 12.3. The molecule has 0 radical (unpaired) electrons. The van der Waals surface area contributed by atoms with Crippen LogP contribution in [0.3, 0.4) is 0 Å². The predicted molar refractivity (Wildman–Crippen MR) is 71.8 cm³/mol. The van der Waals surface area contributed by atoms with Gasteiger partial charge in [0.1, 0.15) is 11.8 Å². The third-order valence-electron chi connectivity index (χ3n) is 2.30. The monoisotopic (exact) mass is 308 g/mol. The van der Waals surface area contributed by atoms with Gasteiger partial charge in [0, 0.05) is 13.5 Å². The molecule has 1 atom stereocenters. The van der Waals surface area contributed by atoms with Crippen LogP contribution in [0.4, 0.5) is 0 Å². The first-order chi connectivity index (χ1) is 9.18. The molecular weight excluding hydrogens is 288 g/mol. The van der Waals surface area contributed by atoms with Gasteiger partial charge in [0.05, 0.1) is 5.75 Å². The second-order valence-corrected chi connectivity index (χ2v) is 6.46. The van der Waals surface area contributed by atoms with E-state index in [4.69, 9.17) is 5.11 Å². The van der Waals surface area contributed by atoms with Crippen molar-refractivity contribution in [3.63, 3.8) is 0 Å². The van der Waals surface area contributed by atoms with Crippen molar-refractivity contribution in [2.24, 2.45) is 0 Å². The lowest BCUT2D eigenvalue weighted by Gasteiger charge is -2.13. The molecule has 0 unspecified atom stereocenters. The average molecular weight is 308 g/mol. The molecule has 0 aromatic rings. The van der Waals surface area contributed by atoms with E-state index in [-0.39, 0.29) is 0 Å². The van der Waals surface area contributed by atoms with Crippen LogP contribution >= 0.6 is 0 Å². The van der Waals surface area contributed by atoms with Crippen molar-refractivity contribution >= 4 is 27.6 Å². The van der Waals surface area contributed by atoms with Crippen molar-refractivity contribution in [2.45, 2.75) is 32.7 Å². The Balaban J connectivity index is 4.51. The molecule has 116 valence electrons. The Kier molecular flexibility index (Phi) is 7.82. The molecule has 0 saturated heterocycles. The van der Waals surface area contributed by atoms with Gasteiger partial charge in [-0.05, 0) is 6.42 Å². The highest BCUT2D eigenvalue weighted by Crippen LogP contribution is 1.97. The molecule has 0 aliphatic heterocycles. The Hall–Kier alpha value is -1.64. The van der Waals surface area contributed by atoms with Crippen molar-refractivity contribution in [1.29, 1.82) is 0 Å². The van der Waals surface area contributed by atoms with Crippen LogP contribution in [0.1, 0.15) is 26.7 Å². The summed E-state index contributed by atoms with van der Waals surface area (Å²) in [5, 5.41) is 13.3. The molecule has 0 rings (SSSR count). The molecule has 0 saturated carbocycles. The van der Waals surface area contributed by atoms with Gasteiger partial charge in [-0.3, -0.25) is 9.59 Å². The van der Waals surface area contributed by atoms with Crippen molar-refractivity contribution in [3.8, 4) is 0 Å². The van der Waals surface area contributed by atoms with Gasteiger partial charge in [-0.15, -0.1) is 0 Å². The third-order valence-corrected chi connectivity index (χ3v) is 3.84. The van der Waals surface area contributed by atoms with Crippen LogP contribution in [0.5, 0.6) is 0 Å². The number of aliphatic carboxylic acids is 1. The Morgan fingerprint density at radius 3 is 2.30 bits per heavy atom. The van der Waals surface area contributed by atoms with E-state index in [0.717, 1.165) is 19.8 Å². The van der Waals surface area contributed by atoms with E-state index in [1.807, 2.05) is 12.2 Å². The van der Waals surface area contributed by atoms with Gasteiger partial charge in [0.15, 0.2) is 9.84 Å². The van der Waals surface area contributed by atoms with Crippen LogP contribution in [-0.2, 0) is 24.2 Å². The predicted octanol–water partition coefficient (Wildman–Crippen LogP) is -1.09. The minimum absolute atomic E-state index is 0.374. The topological polar surface area (TPSA) is 130 Å². The second kappa shape index (κ2) is 8.51. The molecule has 8 nitrogen and oxygen atoms in total. The summed E-state index contributed by atoms with van der Waals surface area (Å²) in [6.45, 7) is 3.38. The lowest BCUT2D eigenvalue weighted by molar-refractivity contribution is -0.140. The van der Waals surface area contributed by atoms with E-state index >= 15 is 0 Å². The molecule has 0 fully saturated rings. The maximum Gasteiger partial charge on any atom is 0.327 e. The Labute approximate surface area is 117 Å². The molecule has 0 heterocycles. The summed E-state index contributed by atoms with van der Waals surface area (Å²) in [4.78, 5) is 33.0. The fourth-order valence-corrected chi connectivity index (χ4v) is 2.74. The van der Waals surface area contributed by atoms with E-state index in [0.29, 0.717) is 6.54 Å². The number of hydrogen-bond acceptors (Lipinski definition) is 5. The minimum atomic E-state index is -3.92. The summed E-state index contributed by atoms with van der Waals surface area (Å²) >= 11 is 0. The molecule has 0 aliphatic carbocycles. The molecule has 0 aromatic heterocycles. The number of carbonyl (C=O) groups is 3. The fourth-order valence-electron chi connectivity index (χ4n) is 1.39. The summed E-state index contributed by atoms with van der Waals surface area (Å²) in [5.41, 5.74) is 0. The van der Waals surface area contributed by atoms with E-state index < -0.39 is 45.2 Å². The highest BCUT2D eigenvalue weighted by atomic mass is 32.2. The highest BCUT2D eigenvalue weighted by molar-refractivity contribution is 7.92. The number of hydrogen-bond donors (Lipinski definition) is 3. The quantitative estimate of drug-likeness (QED) is 0.464. The molecule has 20 heavy (non-hydrogen) atoms. The first-order valence-electron chi connectivity index (χ1n) is 6.15. The van der Waals surface area contributed by atoms with Gasteiger partial charge in [0.2, 0.25) is 11.8 Å². The van der Waals surface area contributed by atoms with Crippen LogP contribution in [0.2, 0.25) is 0 Å². The average Bonchev–Trinajstić information content (AvgIpc) is 2.26. The van der Waals surface area contributed by atoms with Gasteiger partial charge in [-0.25, -0.2) is 13.2 Å². The van der Waals surface area contributed by atoms with Crippen LogP contribution in [0.25, 0.3) is 0 Å². The van der Waals surface area contributed by atoms with Gasteiger partial charge in [-0.2, -0.15) is 0 Å². The van der Waals surface area contributed by atoms with Crippen LogP contribution in [0.15, 0.2) is 0 Å². The van der Waals surface area contributed by atoms with E-state index in [2.05, 4.69) is 5.32 Å². The van der Waals surface area contributed by atoms with Crippen LogP contribution in [-0.4, -0.2) is 55.4 Å². The van der Waals surface area contributed by atoms with Crippen molar-refractivity contribution in [2.75, 3.05) is 18.1 Å². The van der Waals surface area contributed by atoms with Crippen LogP contribution < -0.4 is 10.6 Å². The number of rotatable bonds is 9. The fraction of sp³-hybridized carbons (Fsp3) is 0.727. The van der Waals surface area contributed by atoms with Crippen molar-refractivity contribution in [1.82, 2.24) is 10.6 Å². The highest BCUT2D eigenvalue weighted by Gasteiger charge is 2.27. The first kappa shape index (κ1) is 18.4. The van der Waals surface area contributed by atoms with Crippen molar-refractivity contribution in [3.05, 3.63) is 0 Å². The van der Waals surface area contributed by atoms with Crippen LogP contribution in [0, 0.1) is 0 Å². The van der Waals surface area contributed by atoms with E-state index in [1.165, 1.54) is 0 Å². The van der Waals surface area contributed by atoms with Crippen molar-refractivity contribution < 1.29 is 27.9 Å². The van der Waals surface area contributed by atoms with Gasteiger partial charge in [0.25, 0.3) is 0 Å². The smallest absolute Gasteiger partial charge is 0.327 e. The molecule has 2 amide bonds. The molecule has 9 heteroatoms. The summed E-state index contributed by atoms with van der Waals surface area (Å²) in [7, 11) is -3.92. The zero-order valence-electron chi connectivity index (χ0n) is 11.5. The minimum Gasteiger partial charge on any atom is -0.480 e. The first-order valence-corrected chi connectivity index (χ1v) is 7.97. The molecule has 0 aromatic carbocycles. The lowest BCUT2D eigenvalue weighted by Crippen LogP contribution is -2.46. The van der Waals surface area contributed by atoms with E-state index in [1.54, 1.807) is 0 Å². The summed E-state index contributed by atoms with van der Waals surface area (Å²) in [6, 6.07) is -1.55. The molecule has 0 aliphatic rings. The number of unbranched alkanes of at least 4 members (excludes halogenated alkanes) is 1. The molecule has 0 spiro atoms. The SMILES string of the molecule is CCCCNC(=O)CS(=O)(=O)C[C@H](NC(C)=O)C(=O)O. The summed E-state index contributed by atoms with van der Waals surface area (Å²) in [5.74, 6) is -4.40. The van der Waals surface area contributed by atoms with E-state index in [9.17, 15) is 22.8 Å². The summed E-state index contributed by atoms with van der Waals surface area (Å²) in [6.07, 6.45) is 1.59. The Morgan fingerprint density at radius 2 is 1.85 bits per heavy atom. The number of amides is 2. The Bertz CT molecular complexity index is 460. The second-order valence-electron chi connectivity index (χ2n) is 4.35. The number of carbonyl (C=O) groups excluding carboxylic acids is 2. The zero-order chi connectivity index (χ0) is 15.8. The molecule has 3 N–H and O–H groups in total. The lowest BCUT2D eigenvalue weighted by atomic mass is 10.3. The standard InChI is InChI=1S/C11H20N2O6S/c1-3-4-5-12-10(15)7-20(18,19)6-9(11(16)17)13-8(2)14/h9H,3-7H2,1-2H3,(H,12,15)(H,13,14)(H,16,17)/t9-/m0/s1. The van der Waals surface area contributed by atoms with Gasteiger partial charge in [-0.1, -0.05) is 13.3 Å². The van der Waals surface area contributed by atoms with Gasteiger partial charge >= 0.3 is 5.97 Å². The molecule has 0 bridgehead atoms. The largest absolute Gasteiger partial charge is 0.480 e. The normalized spacial score (nSPS) is 12.5. The summed E-state index contributed by atoms with van der Waals surface area (Å²) < 4.78 is 23.4. The number of carboxylic acid groups (broad SMARTS) is 1. The maximum atomic E-state index is 11.7.